The van der Waals surface area contributed by atoms with Gasteiger partial charge in [0.05, 0.1) is 12.6 Å². The Kier molecular flexibility index (Phi) is 4.66. The summed E-state index contributed by atoms with van der Waals surface area (Å²) in [4.78, 5) is 0. The SMILES string of the molecule is C#CC(CCC)NCCc1ccc2c(c1)CCO2. The minimum Gasteiger partial charge on any atom is -0.493 e. The Hall–Kier alpha value is -1.46. The van der Waals surface area contributed by atoms with Crippen LogP contribution in [0.5, 0.6) is 5.75 Å². The molecule has 18 heavy (non-hydrogen) atoms. The molecular weight excluding hydrogens is 222 g/mol. The van der Waals surface area contributed by atoms with Crippen molar-refractivity contribution >= 4 is 0 Å². The second kappa shape index (κ2) is 6.47. The van der Waals surface area contributed by atoms with Gasteiger partial charge in [-0.25, -0.2) is 0 Å². The van der Waals surface area contributed by atoms with E-state index in [0.29, 0.717) is 0 Å². The number of terminal acetylenes is 1. The number of rotatable bonds is 6. The molecule has 0 amide bonds. The fraction of sp³-hybridized carbons (Fsp3) is 0.500. The highest BCUT2D eigenvalue weighted by atomic mass is 16.5. The minimum atomic E-state index is 0.216. The quantitative estimate of drug-likeness (QED) is 0.775. The van der Waals surface area contributed by atoms with Crippen LogP contribution in [-0.2, 0) is 12.8 Å². The third-order valence-corrected chi connectivity index (χ3v) is 3.34. The van der Waals surface area contributed by atoms with Gasteiger partial charge in [0.25, 0.3) is 0 Å². The smallest absolute Gasteiger partial charge is 0.122 e. The number of fused-ring (bicyclic) bond motifs is 1. The van der Waals surface area contributed by atoms with Crippen LogP contribution in [0.4, 0.5) is 0 Å². The number of benzene rings is 1. The van der Waals surface area contributed by atoms with Gasteiger partial charge in [0.15, 0.2) is 0 Å². The van der Waals surface area contributed by atoms with E-state index in [1.165, 1.54) is 11.1 Å². The van der Waals surface area contributed by atoms with E-state index in [9.17, 15) is 0 Å². The van der Waals surface area contributed by atoms with Gasteiger partial charge in [-0.3, -0.25) is 0 Å². The minimum absolute atomic E-state index is 0.216. The van der Waals surface area contributed by atoms with Crippen LogP contribution in [0.2, 0.25) is 0 Å². The Labute approximate surface area is 110 Å². The molecule has 1 aliphatic rings. The summed E-state index contributed by atoms with van der Waals surface area (Å²) in [5, 5.41) is 3.42. The Morgan fingerprint density at radius 2 is 2.39 bits per heavy atom. The summed E-state index contributed by atoms with van der Waals surface area (Å²) in [5.74, 6) is 3.85. The highest BCUT2D eigenvalue weighted by Gasteiger charge is 2.11. The van der Waals surface area contributed by atoms with Gasteiger partial charge < -0.3 is 10.1 Å². The van der Waals surface area contributed by atoms with Crippen LogP contribution in [-0.4, -0.2) is 19.2 Å². The molecular formula is C16H21NO. The van der Waals surface area contributed by atoms with Crippen molar-refractivity contribution < 1.29 is 4.74 Å². The molecule has 1 heterocycles. The molecule has 1 unspecified atom stereocenters. The van der Waals surface area contributed by atoms with Crippen LogP contribution < -0.4 is 10.1 Å². The van der Waals surface area contributed by atoms with Crippen LogP contribution in [0.1, 0.15) is 30.9 Å². The van der Waals surface area contributed by atoms with E-state index < -0.39 is 0 Å². The summed E-state index contributed by atoms with van der Waals surface area (Å²) >= 11 is 0. The third kappa shape index (κ3) is 3.27. The molecule has 96 valence electrons. The fourth-order valence-corrected chi connectivity index (χ4v) is 2.32. The molecule has 1 aromatic carbocycles. The maximum absolute atomic E-state index is 5.50. The van der Waals surface area contributed by atoms with Gasteiger partial charge in [-0.05, 0) is 30.0 Å². The van der Waals surface area contributed by atoms with E-state index in [-0.39, 0.29) is 6.04 Å². The summed E-state index contributed by atoms with van der Waals surface area (Å²) < 4.78 is 5.50. The van der Waals surface area contributed by atoms with Crippen molar-refractivity contribution in [2.24, 2.45) is 0 Å². The summed E-state index contributed by atoms with van der Waals surface area (Å²) in [7, 11) is 0. The number of ether oxygens (including phenoxy) is 1. The van der Waals surface area contributed by atoms with Crippen molar-refractivity contribution in [2.45, 2.75) is 38.6 Å². The molecule has 0 aliphatic carbocycles. The zero-order valence-electron chi connectivity index (χ0n) is 11.0. The van der Waals surface area contributed by atoms with Gasteiger partial charge in [0, 0.05) is 13.0 Å². The summed E-state index contributed by atoms with van der Waals surface area (Å²) in [6, 6.07) is 6.71. The van der Waals surface area contributed by atoms with Crippen molar-refractivity contribution in [3.05, 3.63) is 29.3 Å². The molecule has 1 aliphatic heterocycles. The van der Waals surface area contributed by atoms with Crippen LogP contribution in [0.25, 0.3) is 0 Å². The molecule has 1 N–H and O–H groups in total. The molecule has 1 atom stereocenters. The molecule has 1 aromatic rings. The average molecular weight is 243 g/mol. The zero-order chi connectivity index (χ0) is 12.8. The van der Waals surface area contributed by atoms with Crippen LogP contribution in [0.15, 0.2) is 18.2 Å². The lowest BCUT2D eigenvalue weighted by Gasteiger charge is -2.12. The summed E-state index contributed by atoms with van der Waals surface area (Å²) in [5.41, 5.74) is 2.70. The first kappa shape index (κ1) is 13.0. The molecule has 0 saturated heterocycles. The summed E-state index contributed by atoms with van der Waals surface area (Å²) in [6.07, 6.45) is 9.72. The van der Waals surface area contributed by atoms with Gasteiger partial charge in [-0.1, -0.05) is 31.4 Å². The average Bonchev–Trinajstić information content (AvgIpc) is 2.85. The van der Waals surface area contributed by atoms with Gasteiger partial charge in [0.1, 0.15) is 5.75 Å². The first-order valence-corrected chi connectivity index (χ1v) is 6.77. The van der Waals surface area contributed by atoms with E-state index in [2.05, 4.69) is 36.4 Å². The van der Waals surface area contributed by atoms with Gasteiger partial charge >= 0.3 is 0 Å². The normalized spacial score (nSPS) is 14.7. The highest BCUT2D eigenvalue weighted by molar-refractivity contribution is 5.39. The second-order valence-electron chi connectivity index (χ2n) is 4.75. The Morgan fingerprint density at radius 1 is 1.50 bits per heavy atom. The predicted molar refractivity (Wildman–Crippen MR) is 74.9 cm³/mol. The number of nitrogens with one attached hydrogen (secondary N) is 1. The molecule has 0 radical (unpaired) electrons. The van der Waals surface area contributed by atoms with Crippen molar-refractivity contribution in [3.8, 4) is 18.1 Å². The molecule has 0 bridgehead atoms. The fourth-order valence-electron chi connectivity index (χ4n) is 2.32. The van der Waals surface area contributed by atoms with Crippen molar-refractivity contribution in [1.82, 2.24) is 5.32 Å². The van der Waals surface area contributed by atoms with E-state index in [4.69, 9.17) is 11.2 Å². The molecule has 0 spiro atoms. The highest BCUT2D eigenvalue weighted by Crippen LogP contribution is 2.25. The first-order valence-electron chi connectivity index (χ1n) is 6.77. The predicted octanol–water partition coefficient (Wildman–Crippen LogP) is 2.56. The molecule has 0 fully saturated rings. The lowest BCUT2D eigenvalue weighted by atomic mass is 10.1. The maximum atomic E-state index is 5.50. The molecule has 0 saturated carbocycles. The Bertz CT molecular complexity index is 433. The zero-order valence-corrected chi connectivity index (χ0v) is 11.0. The standard InChI is InChI=1S/C16H21NO/c1-3-5-15(4-2)17-10-8-13-6-7-16-14(12-13)9-11-18-16/h2,6-7,12,15,17H,3,5,8-11H2,1H3. The molecule has 2 heteroatoms. The number of hydrogen-bond donors (Lipinski definition) is 1. The van der Waals surface area contributed by atoms with Gasteiger partial charge in [-0.2, -0.15) is 0 Å². The monoisotopic (exact) mass is 243 g/mol. The van der Waals surface area contributed by atoms with Crippen LogP contribution in [0.3, 0.4) is 0 Å². The van der Waals surface area contributed by atoms with Gasteiger partial charge in [-0.15, -0.1) is 6.42 Å². The van der Waals surface area contributed by atoms with E-state index in [1.807, 2.05) is 0 Å². The summed E-state index contributed by atoms with van der Waals surface area (Å²) in [6.45, 7) is 3.92. The topological polar surface area (TPSA) is 21.3 Å². The second-order valence-corrected chi connectivity index (χ2v) is 4.75. The van der Waals surface area contributed by atoms with Gasteiger partial charge in [0.2, 0.25) is 0 Å². The number of hydrogen-bond acceptors (Lipinski definition) is 2. The van der Waals surface area contributed by atoms with Crippen LogP contribution >= 0.6 is 0 Å². The maximum Gasteiger partial charge on any atom is 0.122 e. The van der Waals surface area contributed by atoms with Crippen molar-refractivity contribution in [2.75, 3.05) is 13.2 Å². The van der Waals surface area contributed by atoms with E-state index in [0.717, 1.165) is 44.6 Å². The van der Waals surface area contributed by atoms with Crippen LogP contribution in [0, 0.1) is 12.3 Å². The largest absolute Gasteiger partial charge is 0.493 e. The Morgan fingerprint density at radius 3 is 3.17 bits per heavy atom. The molecule has 2 nitrogen and oxygen atoms in total. The van der Waals surface area contributed by atoms with E-state index in [1.54, 1.807) is 0 Å². The molecule has 2 rings (SSSR count). The first-order chi connectivity index (χ1) is 8.83. The lowest BCUT2D eigenvalue weighted by molar-refractivity contribution is 0.357. The lowest BCUT2D eigenvalue weighted by Crippen LogP contribution is -2.29. The Balaban J connectivity index is 1.82. The van der Waals surface area contributed by atoms with Crippen molar-refractivity contribution in [3.63, 3.8) is 0 Å². The third-order valence-electron chi connectivity index (χ3n) is 3.34. The van der Waals surface area contributed by atoms with Crippen molar-refractivity contribution in [1.29, 1.82) is 0 Å². The molecule has 0 aromatic heterocycles. The van der Waals surface area contributed by atoms with E-state index >= 15 is 0 Å².